The summed E-state index contributed by atoms with van der Waals surface area (Å²) >= 11 is 0. The van der Waals surface area contributed by atoms with Gasteiger partial charge in [-0.15, -0.1) is 0 Å². The highest BCUT2D eigenvalue weighted by Crippen LogP contribution is 2.66. The zero-order chi connectivity index (χ0) is 20.9. The van der Waals surface area contributed by atoms with Gasteiger partial charge in [-0.25, -0.2) is 0 Å². The Morgan fingerprint density at radius 2 is 1.68 bits per heavy atom. The zero-order valence-corrected chi connectivity index (χ0v) is 17.1. The maximum Gasteiger partial charge on any atom is 0.286 e. The molecule has 2 saturated carbocycles. The first-order valence-corrected chi connectivity index (χ1v) is 10.0. The zero-order valence-electron chi connectivity index (χ0n) is 17.1. The fourth-order valence-electron chi connectivity index (χ4n) is 6.25. The van der Waals surface area contributed by atoms with Gasteiger partial charge in [-0.05, 0) is 40.0 Å². The van der Waals surface area contributed by atoms with Gasteiger partial charge in [0, 0.05) is 17.8 Å². The molecule has 2 aliphatic carbocycles. The number of aliphatic hydroxyl groups excluding tert-OH is 2. The van der Waals surface area contributed by atoms with Crippen LogP contribution in [0, 0.1) is 16.7 Å². The highest BCUT2D eigenvalue weighted by molar-refractivity contribution is 5.97. The molecule has 28 heavy (non-hydrogen) atoms. The van der Waals surface area contributed by atoms with Crippen molar-refractivity contribution in [3.63, 3.8) is 0 Å². The second-order valence-electron chi connectivity index (χ2n) is 10.0. The van der Waals surface area contributed by atoms with Crippen molar-refractivity contribution in [1.82, 2.24) is 0 Å². The molecule has 0 spiro atoms. The van der Waals surface area contributed by atoms with Crippen LogP contribution in [0.5, 0.6) is 0 Å². The van der Waals surface area contributed by atoms with Crippen LogP contribution >= 0.6 is 0 Å². The van der Waals surface area contributed by atoms with Gasteiger partial charge in [-0.2, -0.15) is 0 Å². The van der Waals surface area contributed by atoms with Crippen molar-refractivity contribution in [1.29, 1.82) is 0 Å². The molecule has 0 saturated heterocycles. The van der Waals surface area contributed by atoms with Crippen LogP contribution < -0.4 is 0 Å². The summed E-state index contributed by atoms with van der Waals surface area (Å²) in [5.41, 5.74) is -4.47. The lowest BCUT2D eigenvalue weighted by molar-refractivity contribution is -0.295. The summed E-state index contributed by atoms with van der Waals surface area (Å²) in [4.78, 5) is 26.0. The molecule has 0 aromatic carbocycles. The van der Waals surface area contributed by atoms with Gasteiger partial charge in [0.1, 0.15) is 17.8 Å². The highest BCUT2D eigenvalue weighted by atomic mass is 16.7. The Balaban J connectivity index is 1.87. The third-order valence-electron chi connectivity index (χ3n) is 8.26. The van der Waals surface area contributed by atoms with E-state index in [-0.39, 0.29) is 37.1 Å². The van der Waals surface area contributed by atoms with Crippen molar-refractivity contribution in [3.05, 3.63) is 11.5 Å². The molecule has 4 aliphatic rings. The van der Waals surface area contributed by atoms with Gasteiger partial charge in [-0.1, -0.05) is 13.8 Å². The Labute approximate surface area is 164 Å². The van der Waals surface area contributed by atoms with Crippen molar-refractivity contribution in [3.8, 4) is 0 Å². The van der Waals surface area contributed by atoms with Crippen molar-refractivity contribution >= 4 is 11.6 Å². The quantitative estimate of drug-likeness (QED) is 0.566. The number of rotatable bonds is 0. The van der Waals surface area contributed by atoms with E-state index in [1.54, 1.807) is 20.8 Å². The number of Topliss-reactive ketones (excluding diaryl/α,β-unsaturated/α-hetero) is 2. The lowest BCUT2D eigenvalue weighted by Crippen LogP contribution is -2.78. The molecule has 0 radical (unpaired) electrons. The number of allylic oxidation sites excluding steroid dienone is 1. The Hall–Kier alpha value is -1.44. The molecule has 0 bridgehead atoms. The standard InChI is InChI=1S/C21H30O7/c1-10-8-12(22)11-9-13-19(4,28-17(11)27-10)6-7-21(26)18(2,3)15(24)14(23)16(25)20(13,21)5/h10,13-15,23-24,26H,6-9H2,1-5H3. The van der Waals surface area contributed by atoms with Gasteiger partial charge in [-0.3, -0.25) is 9.59 Å². The number of ether oxygens (including phenoxy) is 2. The number of hydrogen-bond donors (Lipinski definition) is 3. The van der Waals surface area contributed by atoms with Crippen LogP contribution in [-0.2, 0) is 19.1 Å². The van der Waals surface area contributed by atoms with Gasteiger partial charge < -0.3 is 24.8 Å². The lowest BCUT2D eigenvalue weighted by Gasteiger charge is -2.67. The maximum absolute atomic E-state index is 13.3. The SMILES string of the molecule is CC1CC(=O)C2=C(O1)OC1(C)CCC3(O)C(C)(C)C(O)C(O)C(=O)C3(C)C1C2. The molecule has 0 amide bonds. The van der Waals surface area contributed by atoms with Crippen LogP contribution in [0.25, 0.3) is 0 Å². The summed E-state index contributed by atoms with van der Waals surface area (Å²) < 4.78 is 12.0. The Bertz CT molecular complexity index is 786. The van der Waals surface area contributed by atoms with E-state index in [9.17, 15) is 24.9 Å². The molecule has 2 aliphatic heterocycles. The summed E-state index contributed by atoms with van der Waals surface area (Å²) in [5.74, 6) is -0.966. The first-order chi connectivity index (χ1) is 12.8. The molecule has 7 atom stereocenters. The third kappa shape index (κ3) is 2.10. The number of aliphatic hydroxyl groups is 3. The van der Waals surface area contributed by atoms with Crippen molar-refractivity contribution < 1.29 is 34.4 Å². The average Bonchev–Trinajstić information content (AvgIpc) is 2.61. The molecule has 156 valence electrons. The van der Waals surface area contributed by atoms with Gasteiger partial charge in [0.15, 0.2) is 11.6 Å². The van der Waals surface area contributed by atoms with Crippen LogP contribution in [0.15, 0.2) is 11.5 Å². The van der Waals surface area contributed by atoms with E-state index in [2.05, 4.69) is 0 Å². The van der Waals surface area contributed by atoms with Crippen LogP contribution in [0.3, 0.4) is 0 Å². The fourth-order valence-corrected chi connectivity index (χ4v) is 6.25. The maximum atomic E-state index is 13.3. The minimum atomic E-state index is -1.60. The molecule has 0 aromatic rings. The predicted molar refractivity (Wildman–Crippen MR) is 97.9 cm³/mol. The summed E-state index contributed by atoms with van der Waals surface area (Å²) in [6.07, 6.45) is -2.10. The molecule has 2 heterocycles. The second-order valence-corrected chi connectivity index (χ2v) is 10.0. The van der Waals surface area contributed by atoms with E-state index < -0.39 is 45.9 Å². The Morgan fingerprint density at radius 3 is 2.32 bits per heavy atom. The summed E-state index contributed by atoms with van der Waals surface area (Å²) in [6.45, 7) is 8.70. The largest absolute Gasteiger partial charge is 0.462 e. The second kappa shape index (κ2) is 5.58. The first-order valence-electron chi connectivity index (χ1n) is 10.0. The van der Waals surface area contributed by atoms with Gasteiger partial charge >= 0.3 is 0 Å². The van der Waals surface area contributed by atoms with Crippen molar-refractivity contribution in [2.24, 2.45) is 16.7 Å². The molecule has 4 rings (SSSR count). The van der Waals surface area contributed by atoms with E-state index >= 15 is 0 Å². The van der Waals surface area contributed by atoms with E-state index in [0.717, 1.165) is 0 Å². The van der Waals surface area contributed by atoms with E-state index in [0.29, 0.717) is 12.0 Å². The minimum absolute atomic E-state index is 0.0726. The molecule has 7 nitrogen and oxygen atoms in total. The number of fused-ring (bicyclic) bond motifs is 3. The summed E-state index contributed by atoms with van der Waals surface area (Å²) in [6, 6.07) is 0. The summed E-state index contributed by atoms with van der Waals surface area (Å²) in [5, 5.41) is 32.9. The van der Waals surface area contributed by atoms with E-state index in [1.807, 2.05) is 13.8 Å². The monoisotopic (exact) mass is 394 g/mol. The number of ketones is 2. The minimum Gasteiger partial charge on any atom is -0.462 e. The number of hydrogen-bond acceptors (Lipinski definition) is 7. The van der Waals surface area contributed by atoms with Gasteiger partial charge in [0.05, 0.1) is 22.7 Å². The molecule has 2 fully saturated rings. The lowest BCUT2D eigenvalue weighted by atomic mass is 9.40. The van der Waals surface area contributed by atoms with Crippen LogP contribution in [0.4, 0.5) is 0 Å². The molecule has 7 heteroatoms. The van der Waals surface area contributed by atoms with Crippen molar-refractivity contribution in [2.45, 2.75) is 89.8 Å². The first kappa shape index (κ1) is 19.9. The van der Waals surface area contributed by atoms with E-state index in [1.165, 1.54) is 0 Å². The molecule has 7 unspecified atom stereocenters. The van der Waals surface area contributed by atoms with Gasteiger partial charge in [0.2, 0.25) is 0 Å². The smallest absolute Gasteiger partial charge is 0.286 e. The normalized spacial score (nSPS) is 50.1. The molecular weight excluding hydrogens is 364 g/mol. The van der Waals surface area contributed by atoms with Crippen LogP contribution in [0.1, 0.15) is 60.3 Å². The Kier molecular flexibility index (Phi) is 3.96. The van der Waals surface area contributed by atoms with Gasteiger partial charge in [0.25, 0.3) is 5.95 Å². The van der Waals surface area contributed by atoms with E-state index in [4.69, 9.17) is 9.47 Å². The summed E-state index contributed by atoms with van der Waals surface area (Å²) in [7, 11) is 0. The topological polar surface area (TPSA) is 113 Å². The third-order valence-corrected chi connectivity index (χ3v) is 8.26. The molecule has 0 aromatic heterocycles. The number of carbonyl (C=O) groups excluding carboxylic acids is 2. The highest BCUT2D eigenvalue weighted by Gasteiger charge is 2.75. The van der Waals surface area contributed by atoms with Crippen LogP contribution in [-0.4, -0.2) is 56.4 Å². The molecular formula is C21H30O7. The fraction of sp³-hybridized carbons (Fsp3) is 0.810. The molecule has 3 N–H and O–H groups in total. The predicted octanol–water partition coefficient (Wildman–Crippen LogP) is 1.23. The Morgan fingerprint density at radius 1 is 1.04 bits per heavy atom. The number of carbonyl (C=O) groups is 2. The van der Waals surface area contributed by atoms with Crippen LogP contribution in [0.2, 0.25) is 0 Å². The average molecular weight is 394 g/mol. The van der Waals surface area contributed by atoms with Crippen molar-refractivity contribution in [2.75, 3.05) is 0 Å².